The molecule has 5 rings (SSSR count). The molecule has 35 heavy (non-hydrogen) atoms. The quantitative estimate of drug-likeness (QED) is 0.174. The Balaban J connectivity index is 1.44. The SMILES string of the molecule is COC(=O)c1ccccc1OC(=O)c1ccc2c(c1)C1C=CCC1C(c1cccc([N+](=O)[O-])c1)N2. The van der Waals surface area contributed by atoms with Gasteiger partial charge in [0.05, 0.1) is 23.6 Å². The molecule has 0 bridgehead atoms. The molecule has 0 saturated carbocycles. The van der Waals surface area contributed by atoms with Crippen molar-refractivity contribution in [2.24, 2.45) is 5.92 Å². The number of fused-ring (bicyclic) bond motifs is 3. The Hall–Kier alpha value is -4.46. The van der Waals surface area contributed by atoms with E-state index in [0.717, 1.165) is 23.2 Å². The molecule has 0 aromatic heterocycles. The number of benzene rings is 3. The van der Waals surface area contributed by atoms with Crippen LogP contribution in [0.15, 0.2) is 78.9 Å². The number of allylic oxidation sites excluding steroid dienone is 2. The number of esters is 2. The summed E-state index contributed by atoms with van der Waals surface area (Å²) in [6.45, 7) is 0. The number of carbonyl (C=O) groups excluding carboxylic acids is 2. The van der Waals surface area contributed by atoms with Gasteiger partial charge in [0.2, 0.25) is 0 Å². The Bertz CT molecular complexity index is 1370. The van der Waals surface area contributed by atoms with E-state index in [1.807, 2.05) is 18.2 Å². The van der Waals surface area contributed by atoms with Gasteiger partial charge in [0.15, 0.2) is 0 Å². The first kappa shape index (κ1) is 22.3. The molecule has 8 nitrogen and oxygen atoms in total. The van der Waals surface area contributed by atoms with Crippen LogP contribution in [0.2, 0.25) is 0 Å². The summed E-state index contributed by atoms with van der Waals surface area (Å²) in [4.78, 5) is 35.9. The van der Waals surface area contributed by atoms with Gasteiger partial charge in [-0.3, -0.25) is 10.1 Å². The monoisotopic (exact) mass is 470 g/mol. The third-order valence-corrected chi connectivity index (χ3v) is 6.53. The molecule has 176 valence electrons. The van der Waals surface area contributed by atoms with Crippen molar-refractivity contribution in [3.05, 3.63) is 111 Å². The van der Waals surface area contributed by atoms with Crippen LogP contribution in [0, 0.1) is 16.0 Å². The maximum Gasteiger partial charge on any atom is 0.343 e. The lowest BCUT2D eigenvalue weighted by atomic mass is 9.76. The van der Waals surface area contributed by atoms with Crippen molar-refractivity contribution in [1.29, 1.82) is 0 Å². The molecule has 1 aliphatic carbocycles. The number of nitro groups is 1. The van der Waals surface area contributed by atoms with Crippen LogP contribution in [0.4, 0.5) is 11.4 Å². The number of ether oxygens (including phenoxy) is 2. The number of nitrogens with one attached hydrogen (secondary N) is 1. The highest BCUT2D eigenvalue weighted by molar-refractivity contribution is 5.96. The van der Waals surface area contributed by atoms with Crippen LogP contribution in [-0.4, -0.2) is 24.0 Å². The maximum absolute atomic E-state index is 13.0. The third kappa shape index (κ3) is 4.14. The van der Waals surface area contributed by atoms with E-state index in [1.165, 1.54) is 19.2 Å². The van der Waals surface area contributed by atoms with Crippen LogP contribution >= 0.6 is 0 Å². The maximum atomic E-state index is 13.0. The number of hydrogen-bond donors (Lipinski definition) is 1. The number of para-hydroxylation sites is 1. The van der Waals surface area contributed by atoms with Crippen LogP contribution in [0.1, 0.15) is 50.2 Å². The molecule has 1 aliphatic heterocycles. The van der Waals surface area contributed by atoms with Gasteiger partial charge in [-0.1, -0.05) is 36.4 Å². The van der Waals surface area contributed by atoms with Gasteiger partial charge in [0, 0.05) is 23.7 Å². The van der Waals surface area contributed by atoms with Gasteiger partial charge in [-0.25, -0.2) is 9.59 Å². The van der Waals surface area contributed by atoms with E-state index >= 15 is 0 Å². The third-order valence-electron chi connectivity index (χ3n) is 6.53. The average molecular weight is 470 g/mol. The summed E-state index contributed by atoms with van der Waals surface area (Å²) >= 11 is 0. The second-order valence-electron chi connectivity index (χ2n) is 8.51. The fourth-order valence-electron chi connectivity index (χ4n) is 4.88. The molecule has 2 aliphatic rings. The van der Waals surface area contributed by atoms with Gasteiger partial charge in [0.1, 0.15) is 11.3 Å². The molecule has 1 heterocycles. The van der Waals surface area contributed by atoms with Gasteiger partial charge in [-0.05, 0) is 53.8 Å². The molecule has 3 aromatic rings. The molecule has 3 unspecified atom stereocenters. The van der Waals surface area contributed by atoms with Crippen LogP contribution in [0.5, 0.6) is 5.75 Å². The van der Waals surface area contributed by atoms with E-state index in [1.54, 1.807) is 36.4 Å². The molecular formula is C27H22N2O6. The summed E-state index contributed by atoms with van der Waals surface area (Å²) in [6.07, 6.45) is 5.04. The fourth-order valence-corrected chi connectivity index (χ4v) is 4.88. The zero-order valence-corrected chi connectivity index (χ0v) is 18.8. The number of hydrogen-bond acceptors (Lipinski definition) is 7. The van der Waals surface area contributed by atoms with E-state index in [-0.39, 0.29) is 39.8 Å². The van der Waals surface area contributed by atoms with Crippen molar-refractivity contribution in [2.75, 3.05) is 12.4 Å². The summed E-state index contributed by atoms with van der Waals surface area (Å²) < 4.78 is 10.3. The van der Waals surface area contributed by atoms with Crippen LogP contribution in [0.3, 0.4) is 0 Å². The minimum absolute atomic E-state index is 0.0469. The van der Waals surface area contributed by atoms with Crippen molar-refractivity contribution >= 4 is 23.3 Å². The second-order valence-corrected chi connectivity index (χ2v) is 8.51. The van der Waals surface area contributed by atoms with Crippen LogP contribution < -0.4 is 10.1 Å². The molecule has 3 atom stereocenters. The zero-order chi connectivity index (χ0) is 24.5. The van der Waals surface area contributed by atoms with E-state index in [0.29, 0.717) is 5.56 Å². The number of anilines is 1. The highest BCUT2D eigenvalue weighted by Crippen LogP contribution is 2.50. The standard InChI is InChI=1S/C27H22N2O6/c1-34-27(31)21-8-2-3-11-24(21)35-26(30)17-12-13-23-22(15-17)19-9-5-10-20(19)25(28-23)16-6-4-7-18(14-16)29(32)33/h2-9,11-15,19-20,25,28H,10H2,1H3. The second kappa shape index (κ2) is 9.06. The Morgan fingerprint density at radius 1 is 1.03 bits per heavy atom. The van der Waals surface area contributed by atoms with Crippen LogP contribution in [-0.2, 0) is 4.74 Å². The lowest BCUT2D eigenvalue weighted by Gasteiger charge is -2.37. The first-order valence-electron chi connectivity index (χ1n) is 11.2. The smallest absolute Gasteiger partial charge is 0.343 e. The van der Waals surface area contributed by atoms with Gasteiger partial charge >= 0.3 is 11.9 Å². The molecule has 1 N–H and O–H groups in total. The number of carbonyl (C=O) groups is 2. The minimum atomic E-state index is -0.589. The summed E-state index contributed by atoms with van der Waals surface area (Å²) in [5, 5.41) is 14.8. The molecule has 3 aromatic carbocycles. The van der Waals surface area contributed by atoms with Gasteiger partial charge in [0.25, 0.3) is 5.69 Å². The minimum Gasteiger partial charge on any atom is -0.465 e. The summed E-state index contributed by atoms with van der Waals surface area (Å²) in [5.41, 5.74) is 3.26. The number of nitrogens with zero attached hydrogens (tertiary/aromatic N) is 1. The number of rotatable bonds is 5. The van der Waals surface area contributed by atoms with E-state index in [9.17, 15) is 19.7 Å². The van der Waals surface area contributed by atoms with E-state index < -0.39 is 11.9 Å². The topological polar surface area (TPSA) is 108 Å². The van der Waals surface area contributed by atoms with Crippen molar-refractivity contribution in [3.8, 4) is 5.75 Å². The molecule has 0 saturated heterocycles. The van der Waals surface area contributed by atoms with E-state index in [2.05, 4.69) is 17.5 Å². The Labute approximate surface area is 201 Å². The molecule has 0 fully saturated rings. The zero-order valence-electron chi connectivity index (χ0n) is 18.8. The highest BCUT2D eigenvalue weighted by atomic mass is 16.6. The Morgan fingerprint density at radius 3 is 2.66 bits per heavy atom. The van der Waals surface area contributed by atoms with Crippen molar-refractivity contribution in [1.82, 2.24) is 0 Å². The molecular weight excluding hydrogens is 448 g/mol. The van der Waals surface area contributed by atoms with E-state index in [4.69, 9.17) is 9.47 Å². The predicted octanol–water partition coefficient (Wildman–Crippen LogP) is 5.43. The largest absolute Gasteiger partial charge is 0.465 e. The molecule has 0 amide bonds. The van der Waals surface area contributed by atoms with Gasteiger partial charge in [-0.2, -0.15) is 0 Å². The highest BCUT2D eigenvalue weighted by Gasteiger charge is 2.38. The summed E-state index contributed by atoms with van der Waals surface area (Å²) in [5.74, 6) is -0.844. The summed E-state index contributed by atoms with van der Waals surface area (Å²) in [6, 6.07) is 18.3. The molecule has 8 heteroatoms. The average Bonchev–Trinajstić information content (AvgIpc) is 3.38. The van der Waals surface area contributed by atoms with Gasteiger partial charge < -0.3 is 14.8 Å². The predicted molar refractivity (Wildman–Crippen MR) is 129 cm³/mol. The normalized spacial score (nSPS) is 19.7. The first-order valence-corrected chi connectivity index (χ1v) is 11.2. The lowest BCUT2D eigenvalue weighted by Crippen LogP contribution is -2.29. The molecule has 0 radical (unpaired) electrons. The van der Waals surface area contributed by atoms with Crippen molar-refractivity contribution < 1.29 is 24.0 Å². The lowest BCUT2D eigenvalue weighted by molar-refractivity contribution is -0.384. The number of non-ortho nitro benzene ring substituents is 1. The Morgan fingerprint density at radius 2 is 1.86 bits per heavy atom. The van der Waals surface area contributed by atoms with Crippen molar-refractivity contribution in [3.63, 3.8) is 0 Å². The summed E-state index contributed by atoms with van der Waals surface area (Å²) in [7, 11) is 1.27. The van der Waals surface area contributed by atoms with Crippen molar-refractivity contribution in [2.45, 2.75) is 18.4 Å². The number of methoxy groups -OCH3 is 1. The number of nitro benzene ring substituents is 1. The Kier molecular flexibility index (Phi) is 5.78. The van der Waals surface area contributed by atoms with Crippen LogP contribution in [0.25, 0.3) is 0 Å². The molecule has 0 spiro atoms. The first-order chi connectivity index (χ1) is 17.0. The fraction of sp³-hybridized carbons (Fsp3) is 0.185. The van der Waals surface area contributed by atoms with Gasteiger partial charge in [-0.15, -0.1) is 0 Å².